The highest BCUT2D eigenvalue weighted by molar-refractivity contribution is 5.96. The lowest BCUT2D eigenvalue weighted by molar-refractivity contribution is 0.0933. The smallest absolute Gasteiger partial charge is 0.255 e. The standard InChI is InChI=1S/C16H20N6O/c1-5-12(13-9-22-8-6-7-17-16(22)19-13)18-15(23)14-10(2)20-21(4)11(14)3/h6-9,12H,5H2,1-4H3,(H,18,23). The van der Waals surface area contributed by atoms with Gasteiger partial charge in [0, 0.05) is 31.3 Å². The average Bonchev–Trinajstić information content (AvgIpc) is 3.06. The van der Waals surface area contributed by atoms with Crippen molar-refractivity contribution in [2.45, 2.75) is 33.2 Å². The molecule has 3 heterocycles. The highest BCUT2D eigenvalue weighted by Crippen LogP contribution is 2.18. The van der Waals surface area contributed by atoms with Gasteiger partial charge in [0.25, 0.3) is 5.91 Å². The summed E-state index contributed by atoms with van der Waals surface area (Å²) in [5.41, 5.74) is 3.02. The molecule has 0 aliphatic heterocycles. The Labute approximate surface area is 134 Å². The van der Waals surface area contributed by atoms with E-state index in [1.807, 2.05) is 50.7 Å². The number of imidazole rings is 1. The lowest BCUT2D eigenvalue weighted by Crippen LogP contribution is -2.29. The molecule has 120 valence electrons. The quantitative estimate of drug-likeness (QED) is 0.799. The fraction of sp³-hybridized carbons (Fsp3) is 0.375. The van der Waals surface area contributed by atoms with E-state index in [4.69, 9.17) is 0 Å². The molecule has 0 spiro atoms. The second-order valence-corrected chi connectivity index (χ2v) is 5.60. The van der Waals surface area contributed by atoms with Crippen LogP contribution in [-0.4, -0.2) is 30.1 Å². The highest BCUT2D eigenvalue weighted by Gasteiger charge is 2.22. The van der Waals surface area contributed by atoms with E-state index in [9.17, 15) is 4.79 Å². The Kier molecular flexibility index (Phi) is 3.85. The maximum atomic E-state index is 12.6. The Hall–Kier alpha value is -2.70. The van der Waals surface area contributed by atoms with Crippen LogP contribution in [0.5, 0.6) is 0 Å². The van der Waals surface area contributed by atoms with E-state index in [1.54, 1.807) is 10.9 Å². The number of rotatable bonds is 4. The summed E-state index contributed by atoms with van der Waals surface area (Å²) in [6.45, 7) is 5.76. The lowest BCUT2D eigenvalue weighted by Gasteiger charge is -2.14. The number of hydrogen-bond donors (Lipinski definition) is 1. The molecule has 1 atom stereocenters. The number of hydrogen-bond acceptors (Lipinski definition) is 4. The molecule has 3 aromatic heterocycles. The minimum Gasteiger partial charge on any atom is -0.343 e. The molecule has 0 bridgehead atoms. The zero-order valence-corrected chi connectivity index (χ0v) is 13.7. The third-order valence-electron chi connectivity index (χ3n) is 4.06. The first kappa shape index (κ1) is 15.2. The highest BCUT2D eigenvalue weighted by atomic mass is 16.1. The van der Waals surface area contributed by atoms with Gasteiger partial charge in [0.2, 0.25) is 5.78 Å². The Balaban J connectivity index is 1.88. The van der Waals surface area contributed by atoms with Crippen LogP contribution in [0.2, 0.25) is 0 Å². The van der Waals surface area contributed by atoms with Crippen molar-refractivity contribution in [3.05, 3.63) is 47.3 Å². The number of fused-ring (bicyclic) bond motifs is 1. The van der Waals surface area contributed by atoms with Gasteiger partial charge in [0.15, 0.2) is 0 Å². The molecule has 0 aliphatic rings. The van der Waals surface area contributed by atoms with Crippen LogP contribution in [0, 0.1) is 13.8 Å². The van der Waals surface area contributed by atoms with E-state index in [0.29, 0.717) is 11.3 Å². The summed E-state index contributed by atoms with van der Waals surface area (Å²) >= 11 is 0. The van der Waals surface area contributed by atoms with E-state index < -0.39 is 0 Å². The molecule has 23 heavy (non-hydrogen) atoms. The Morgan fingerprint density at radius 1 is 1.39 bits per heavy atom. The lowest BCUT2D eigenvalue weighted by atomic mass is 10.1. The SMILES string of the molecule is CCC(NC(=O)c1c(C)nn(C)c1C)c1cn2cccnc2n1. The van der Waals surface area contributed by atoms with Crippen LogP contribution in [-0.2, 0) is 7.05 Å². The summed E-state index contributed by atoms with van der Waals surface area (Å²) in [5, 5.41) is 7.36. The van der Waals surface area contributed by atoms with Crippen LogP contribution in [0.25, 0.3) is 5.78 Å². The topological polar surface area (TPSA) is 77.1 Å². The molecule has 1 amide bonds. The van der Waals surface area contributed by atoms with Crippen LogP contribution in [0.4, 0.5) is 0 Å². The average molecular weight is 312 g/mol. The predicted molar refractivity (Wildman–Crippen MR) is 86.2 cm³/mol. The molecule has 0 aromatic carbocycles. The molecular formula is C16H20N6O. The van der Waals surface area contributed by atoms with Gasteiger partial charge in [-0.3, -0.25) is 13.9 Å². The second-order valence-electron chi connectivity index (χ2n) is 5.60. The van der Waals surface area contributed by atoms with Gasteiger partial charge in [-0.1, -0.05) is 6.92 Å². The van der Waals surface area contributed by atoms with Crippen molar-refractivity contribution in [2.75, 3.05) is 0 Å². The van der Waals surface area contributed by atoms with Gasteiger partial charge in [0.1, 0.15) is 0 Å². The monoisotopic (exact) mass is 312 g/mol. The summed E-state index contributed by atoms with van der Waals surface area (Å²) in [6, 6.07) is 1.68. The minimum atomic E-state index is -0.164. The predicted octanol–water partition coefficient (Wildman–Crippen LogP) is 1.96. The first-order chi connectivity index (χ1) is 11.0. The van der Waals surface area contributed by atoms with Crippen molar-refractivity contribution in [2.24, 2.45) is 7.05 Å². The van der Waals surface area contributed by atoms with Crippen LogP contribution in [0.1, 0.15) is 46.8 Å². The zero-order chi connectivity index (χ0) is 16.6. The normalized spacial score (nSPS) is 12.5. The first-order valence-electron chi connectivity index (χ1n) is 7.62. The zero-order valence-electron chi connectivity index (χ0n) is 13.7. The maximum Gasteiger partial charge on any atom is 0.255 e. The first-order valence-corrected chi connectivity index (χ1v) is 7.62. The number of carbonyl (C=O) groups excluding carboxylic acids is 1. The van der Waals surface area contributed by atoms with Gasteiger partial charge in [-0.25, -0.2) is 9.97 Å². The van der Waals surface area contributed by atoms with Gasteiger partial charge < -0.3 is 5.32 Å². The summed E-state index contributed by atoms with van der Waals surface area (Å²) in [4.78, 5) is 21.4. The van der Waals surface area contributed by atoms with E-state index in [-0.39, 0.29) is 11.9 Å². The van der Waals surface area contributed by atoms with Crippen molar-refractivity contribution >= 4 is 11.7 Å². The third-order valence-corrected chi connectivity index (χ3v) is 4.06. The summed E-state index contributed by atoms with van der Waals surface area (Å²) in [7, 11) is 1.84. The van der Waals surface area contributed by atoms with Crippen LogP contribution in [0.15, 0.2) is 24.7 Å². The van der Waals surface area contributed by atoms with Crippen molar-refractivity contribution < 1.29 is 4.79 Å². The number of nitrogens with zero attached hydrogens (tertiary/aromatic N) is 5. The Bertz CT molecular complexity index is 830. The summed E-state index contributed by atoms with van der Waals surface area (Å²) in [6.07, 6.45) is 6.24. The number of aryl methyl sites for hydroxylation is 2. The summed E-state index contributed by atoms with van der Waals surface area (Å²) < 4.78 is 3.57. The molecule has 1 N–H and O–H groups in total. The number of aromatic nitrogens is 5. The van der Waals surface area contributed by atoms with Crippen molar-refractivity contribution in [1.82, 2.24) is 29.5 Å². The van der Waals surface area contributed by atoms with E-state index in [0.717, 1.165) is 23.5 Å². The third kappa shape index (κ3) is 2.69. The molecule has 0 saturated carbocycles. The van der Waals surface area contributed by atoms with E-state index in [2.05, 4.69) is 20.4 Å². The largest absolute Gasteiger partial charge is 0.343 e. The fourth-order valence-corrected chi connectivity index (χ4v) is 2.73. The van der Waals surface area contributed by atoms with Gasteiger partial charge in [-0.2, -0.15) is 5.10 Å². The minimum absolute atomic E-state index is 0.120. The van der Waals surface area contributed by atoms with Crippen molar-refractivity contribution in [1.29, 1.82) is 0 Å². The molecule has 0 fully saturated rings. The molecule has 3 rings (SSSR count). The van der Waals surface area contributed by atoms with Gasteiger partial charge in [0.05, 0.1) is 23.0 Å². The molecule has 7 nitrogen and oxygen atoms in total. The molecule has 0 saturated heterocycles. The van der Waals surface area contributed by atoms with Crippen LogP contribution >= 0.6 is 0 Å². The van der Waals surface area contributed by atoms with Gasteiger partial charge >= 0.3 is 0 Å². The van der Waals surface area contributed by atoms with Gasteiger partial charge in [-0.05, 0) is 26.3 Å². The molecule has 7 heteroatoms. The second kappa shape index (κ2) is 5.83. The van der Waals surface area contributed by atoms with Crippen LogP contribution < -0.4 is 5.32 Å². The van der Waals surface area contributed by atoms with E-state index in [1.165, 1.54) is 0 Å². The number of carbonyl (C=O) groups is 1. The molecule has 3 aromatic rings. The molecule has 0 aliphatic carbocycles. The molecule has 0 radical (unpaired) electrons. The van der Waals surface area contributed by atoms with E-state index >= 15 is 0 Å². The maximum absolute atomic E-state index is 12.6. The number of nitrogens with one attached hydrogen (secondary N) is 1. The number of amides is 1. The summed E-state index contributed by atoms with van der Waals surface area (Å²) in [5.74, 6) is 0.508. The van der Waals surface area contributed by atoms with Gasteiger partial charge in [-0.15, -0.1) is 0 Å². The fourth-order valence-electron chi connectivity index (χ4n) is 2.73. The van der Waals surface area contributed by atoms with Crippen molar-refractivity contribution in [3.8, 4) is 0 Å². The Morgan fingerprint density at radius 3 is 2.78 bits per heavy atom. The Morgan fingerprint density at radius 2 is 2.17 bits per heavy atom. The molecule has 1 unspecified atom stereocenters. The van der Waals surface area contributed by atoms with Crippen molar-refractivity contribution in [3.63, 3.8) is 0 Å². The van der Waals surface area contributed by atoms with Crippen LogP contribution in [0.3, 0.4) is 0 Å². The molecular weight excluding hydrogens is 292 g/mol.